The molecule has 1 aromatic carbocycles. The molecule has 0 bridgehead atoms. The minimum absolute atomic E-state index is 0.0506. The van der Waals surface area contributed by atoms with Gasteiger partial charge in [-0.2, -0.15) is 0 Å². The Morgan fingerprint density at radius 2 is 2.45 bits per heavy atom. The Morgan fingerprint density at radius 1 is 1.65 bits per heavy atom. The van der Waals surface area contributed by atoms with Gasteiger partial charge in [-0.1, -0.05) is 6.07 Å². The number of aromatic amines is 1. The van der Waals surface area contributed by atoms with Crippen molar-refractivity contribution in [3.8, 4) is 0 Å². The third-order valence-corrected chi connectivity index (χ3v) is 3.79. The summed E-state index contributed by atoms with van der Waals surface area (Å²) in [7, 11) is -2.30. The van der Waals surface area contributed by atoms with Crippen molar-refractivity contribution in [2.24, 2.45) is 0 Å². The Bertz CT molecular complexity index is 985. The average molecular weight is 303 g/mol. The second kappa shape index (κ2) is 5.95. The third kappa shape index (κ3) is 3.59. The lowest BCUT2D eigenvalue weighted by atomic mass is 10.1. The molecule has 0 aliphatic heterocycles. The first kappa shape index (κ1) is 7.59. The van der Waals surface area contributed by atoms with E-state index >= 15 is 0 Å². The second-order valence-corrected chi connectivity index (χ2v) is 5.88. The van der Waals surface area contributed by atoms with E-state index < -0.39 is 22.7 Å². The van der Waals surface area contributed by atoms with Gasteiger partial charge < -0.3 is 9.88 Å². The van der Waals surface area contributed by atoms with E-state index in [1.54, 1.807) is 0 Å². The van der Waals surface area contributed by atoms with Crippen LogP contribution in [0.15, 0.2) is 24.4 Å². The fraction of sp³-hybridized carbons (Fsp3) is 0.429. The molecule has 1 heterocycles. The molecule has 0 unspecified atom stereocenters. The van der Waals surface area contributed by atoms with Crippen LogP contribution in [0.5, 0.6) is 0 Å². The predicted octanol–water partition coefficient (Wildman–Crippen LogP) is 1.32. The summed E-state index contributed by atoms with van der Waals surface area (Å²) in [6.07, 6.45) is -0.0830. The molecule has 0 spiro atoms. The zero-order chi connectivity index (χ0) is 21.7. The Balaban J connectivity index is 2.56. The minimum atomic E-state index is -4.61. The highest BCUT2D eigenvalue weighted by Crippen LogP contribution is 2.21. The van der Waals surface area contributed by atoms with Crippen molar-refractivity contribution in [2.75, 3.05) is 27.6 Å². The topological polar surface area (TPSA) is 65.2 Å². The lowest BCUT2D eigenvalue weighted by Crippen LogP contribution is -2.20. The number of fused-ring (bicyclic) bond motifs is 1. The summed E-state index contributed by atoms with van der Waals surface area (Å²) >= 11 is 0. The van der Waals surface area contributed by atoms with Crippen molar-refractivity contribution in [3.63, 3.8) is 0 Å². The van der Waals surface area contributed by atoms with Crippen LogP contribution in [-0.2, 0) is 22.1 Å². The van der Waals surface area contributed by atoms with Gasteiger partial charge in [0.05, 0.1) is 7.08 Å². The van der Waals surface area contributed by atoms with Crippen molar-refractivity contribution in [2.45, 2.75) is 12.1 Å². The summed E-state index contributed by atoms with van der Waals surface area (Å²) in [5.41, 5.74) is -2.55. The van der Waals surface area contributed by atoms with Gasteiger partial charge >= 0.3 is 0 Å². The van der Waals surface area contributed by atoms with Crippen molar-refractivity contribution in [1.29, 1.82) is 0 Å². The fourth-order valence-electron chi connectivity index (χ4n) is 1.79. The molecule has 110 valence electrons. The monoisotopic (exact) mass is 303 g/mol. The largest absolute Gasteiger partial charge is 0.361 e. The van der Waals surface area contributed by atoms with Gasteiger partial charge in [0.2, 0.25) is 10.0 Å². The Labute approximate surface area is 131 Å². The summed E-state index contributed by atoms with van der Waals surface area (Å²) in [6, 6.07) is 3.78. The lowest BCUT2D eigenvalue weighted by Gasteiger charge is -2.08. The van der Waals surface area contributed by atoms with E-state index in [1.807, 2.05) is 0 Å². The van der Waals surface area contributed by atoms with Gasteiger partial charge in [0.25, 0.3) is 0 Å². The minimum Gasteiger partial charge on any atom is -0.361 e. The van der Waals surface area contributed by atoms with E-state index in [0.29, 0.717) is 10.9 Å². The molecule has 0 radical (unpaired) electrons. The fourth-order valence-corrected chi connectivity index (χ4v) is 2.31. The van der Waals surface area contributed by atoms with Crippen LogP contribution in [0.2, 0.25) is 2.82 Å². The number of sulfonamides is 1. The van der Waals surface area contributed by atoms with Crippen LogP contribution in [0.25, 0.3) is 10.9 Å². The number of rotatable bonds is 6. The molecule has 0 fully saturated rings. The molecule has 5 nitrogen and oxygen atoms in total. The molecule has 1 aromatic heterocycles. The summed E-state index contributed by atoms with van der Waals surface area (Å²) in [6.45, 7) is -2.26. The maximum Gasteiger partial charge on any atom is 0.215 e. The molecule has 0 atom stereocenters. The van der Waals surface area contributed by atoms with Crippen molar-refractivity contribution in [3.05, 3.63) is 35.5 Å². The smallest absolute Gasteiger partial charge is 0.215 e. The maximum absolute atomic E-state index is 12.2. The Morgan fingerprint density at radius 3 is 3.15 bits per heavy atom. The molecule has 0 saturated heterocycles. The zero-order valence-corrected chi connectivity index (χ0v) is 12.0. The molecule has 0 aliphatic carbocycles. The van der Waals surface area contributed by atoms with Crippen LogP contribution in [0.1, 0.15) is 19.4 Å². The van der Waals surface area contributed by atoms with Crippen molar-refractivity contribution >= 4 is 20.9 Å². The standard InChI is InChI=1S/C14H21N3O2S/c1-15-20(18,19)10-11-4-5-14-13(8-11)12(9-16-14)6-7-17(2)3/h4-5,8-9,15-16H,6-7,10H2,1-3H3/i2D3,9D,10D2/hD2. The normalized spacial score (nSPS) is 19.8. The molecule has 0 aliphatic rings. The third-order valence-electron chi connectivity index (χ3n) is 2.82. The van der Waals surface area contributed by atoms with Gasteiger partial charge in [-0.3, -0.25) is 0 Å². The Hall–Kier alpha value is -1.37. The van der Waals surface area contributed by atoms with Gasteiger partial charge in [0.15, 0.2) is 1.41 Å². The predicted molar refractivity (Wildman–Crippen MR) is 82.2 cm³/mol. The zero-order valence-electron chi connectivity index (χ0n) is 19.2. The molecule has 2 N–H and O–H groups in total. The maximum atomic E-state index is 12.2. The summed E-state index contributed by atoms with van der Waals surface area (Å²) < 4.78 is 85.9. The molecule has 2 aromatic rings. The van der Waals surface area contributed by atoms with Crippen LogP contribution in [0.3, 0.4) is 0 Å². The molecule has 2 rings (SSSR count). The molecule has 20 heavy (non-hydrogen) atoms. The van der Waals surface area contributed by atoms with Gasteiger partial charge in [-0.25, -0.2) is 13.1 Å². The van der Waals surface area contributed by atoms with Crippen molar-refractivity contribution < 1.29 is 19.5 Å². The van der Waals surface area contributed by atoms with E-state index in [9.17, 15) is 8.42 Å². The summed E-state index contributed by atoms with van der Waals surface area (Å²) in [4.78, 5) is 1.94. The van der Waals surface area contributed by atoms with Gasteiger partial charge in [0, 0.05) is 30.5 Å². The lowest BCUT2D eigenvalue weighted by molar-refractivity contribution is 0.414. The number of benzene rings is 1. The number of nitrogens with zero attached hydrogens (tertiary/aromatic N) is 1. The van der Waals surface area contributed by atoms with Crippen LogP contribution in [-0.4, -0.2) is 45.9 Å². The number of nitrogens with one attached hydrogen (secondary N) is 2. The van der Waals surface area contributed by atoms with Gasteiger partial charge in [-0.15, -0.1) is 0 Å². The van der Waals surface area contributed by atoms with Crippen LogP contribution >= 0.6 is 0 Å². The first-order valence-corrected chi connectivity index (χ1v) is 7.38. The van der Waals surface area contributed by atoms with Gasteiger partial charge in [-0.05, 0) is 50.8 Å². The first-order valence-electron chi connectivity index (χ1n) is 9.84. The van der Waals surface area contributed by atoms with Crippen LogP contribution in [0, 0.1) is 0 Å². The first-order chi connectivity index (χ1) is 12.6. The van der Waals surface area contributed by atoms with E-state index in [0.717, 1.165) is 16.9 Å². The van der Waals surface area contributed by atoms with Gasteiger partial charge in [0.1, 0.15) is 1.41 Å². The highest BCUT2D eigenvalue weighted by molar-refractivity contribution is 7.88. The second-order valence-electron chi connectivity index (χ2n) is 4.37. The number of aromatic nitrogens is 1. The molecule has 6 heteroatoms. The highest BCUT2D eigenvalue weighted by atomic mass is 32.2. The Kier molecular flexibility index (Phi) is 2.26. The van der Waals surface area contributed by atoms with E-state index in [1.165, 1.54) is 25.2 Å². The quantitative estimate of drug-likeness (QED) is 0.846. The molecule has 0 saturated carbocycles. The summed E-state index contributed by atoms with van der Waals surface area (Å²) in [5, 5.41) is 0.295. The van der Waals surface area contributed by atoms with Crippen LogP contribution in [0.4, 0.5) is 0 Å². The number of likely N-dealkylation sites (N-methyl/N-ethyl adjacent to an activating group) is 1. The number of hydrogen-bond acceptors (Lipinski definition) is 3. The molecule has 0 amide bonds. The SMILES string of the molecule is [2H]c1c(CCN(C)C([2H])([2H])[2H])c2cc(C([2H])([2H])S(=O)(=O)N([2H])C)ccc2n1[2H]. The number of H-pyrrole nitrogens is 1. The van der Waals surface area contributed by atoms with E-state index in [2.05, 4.69) is 0 Å². The highest BCUT2D eigenvalue weighted by Gasteiger charge is 2.11. The van der Waals surface area contributed by atoms with E-state index in [-0.39, 0.29) is 34.9 Å². The molecular weight excluding hydrogens is 274 g/mol. The summed E-state index contributed by atoms with van der Waals surface area (Å²) in [5.74, 6) is 0. The van der Waals surface area contributed by atoms with E-state index in [4.69, 9.17) is 11.0 Å². The average Bonchev–Trinajstić information content (AvgIpc) is 2.82. The number of hydrogen-bond donors (Lipinski definition) is 2. The molecular formula is C14H21N3O2S. The van der Waals surface area contributed by atoms with Crippen molar-refractivity contribution in [1.82, 2.24) is 14.6 Å². The van der Waals surface area contributed by atoms with Crippen LogP contribution < -0.4 is 4.72 Å².